The summed E-state index contributed by atoms with van der Waals surface area (Å²) in [6.07, 6.45) is 5.39. The molecule has 0 spiro atoms. The minimum Gasteiger partial charge on any atom is -0.304 e. The first-order valence-electron chi connectivity index (χ1n) is 10.5. The minimum atomic E-state index is 0. The molecule has 4 heteroatoms. The van der Waals surface area contributed by atoms with E-state index in [4.69, 9.17) is 0 Å². The Balaban J connectivity index is 0.000000186. The van der Waals surface area contributed by atoms with Crippen LogP contribution in [0.15, 0.2) is 104 Å². The van der Waals surface area contributed by atoms with Crippen molar-refractivity contribution in [3.8, 4) is 33.8 Å². The maximum absolute atomic E-state index is 4.38. The summed E-state index contributed by atoms with van der Waals surface area (Å²) < 4.78 is 0. The van der Waals surface area contributed by atoms with Crippen molar-refractivity contribution in [2.45, 2.75) is 13.8 Å². The molecule has 0 saturated carbocycles. The third-order valence-electron chi connectivity index (χ3n) is 5.07. The zero-order chi connectivity index (χ0) is 22.2. The van der Waals surface area contributed by atoms with Crippen LogP contribution in [0.4, 0.5) is 0 Å². The molecule has 0 fully saturated rings. The molecule has 0 bridgehead atoms. The molecule has 1 radical (unpaired) electrons. The maximum atomic E-state index is 4.38. The molecular weight excluding hydrogens is 583 g/mol. The average Bonchev–Trinajstić information content (AvgIpc) is 2.88. The first-order valence-corrected chi connectivity index (χ1v) is 10.5. The van der Waals surface area contributed by atoms with Crippen LogP contribution in [0.5, 0.6) is 0 Å². The van der Waals surface area contributed by atoms with Crippen LogP contribution in [0.3, 0.4) is 0 Å². The van der Waals surface area contributed by atoms with Crippen molar-refractivity contribution in [1.82, 2.24) is 15.0 Å². The van der Waals surface area contributed by atoms with Crippen LogP contribution in [0.25, 0.3) is 33.8 Å². The third-order valence-corrected chi connectivity index (χ3v) is 5.07. The Bertz CT molecular complexity index is 1220. The van der Waals surface area contributed by atoms with Gasteiger partial charge in [-0.25, -0.2) is 0 Å². The molecule has 2 heterocycles. The second-order valence-electron chi connectivity index (χ2n) is 7.36. The van der Waals surface area contributed by atoms with Crippen molar-refractivity contribution < 1.29 is 20.1 Å². The van der Waals surface area contributed by atoms with Crippen LogP contribution in [-0.2, 0) is 20.1 Å². The molecule has 0 saturated heterocycles. The SMILES string of the molecule is Cc1cnc(-c2[c-]cccc2)cc1C.[Ir].[c-]1ccc(-c2ccccc2)cc1-c1ncccn1. The van der Waals surface area contributed by atoms with Gasteiger partial charge in [0.2, 0.25) is 0 Å². The number of aryl methyl sites for hydroxylation is 2. The molecule has 0 N–H and O–H groups in total. The van der Waals surface area contributed by atoms with Crippen molar-refractivity contribution in [2.75, 3.05) is 0 Å². The van der Waals surface area contributed by atoms with Gasteiger partial charge in [-0.15, -0.1) is 71.3 Å². The molecule has 3 nitrogen and oxygen atoms in total. The van der Waals surface area contributed by atoms with Gasteiger partial charge in [-0.1, -0.05) is 42.0 Å². The second-order valence-corrected chi connectivity index (χ2v) is 7.36. The van der Waals surface area contributed by atoms with Gasteiger partial charge in [0, 0.05) is 38.7 Å². The molecule has 33 heavy (non-hydrogen) atoms. The van der Waals surface area contributed by atoms with Crippen LogP contribution in [0.1, 0.15) is 11.1 Å². The molecule has 3 aromatic carbocycles. The quantitative estimate of drug-likeness (QED) is 0.213. The van der Waals surface area contributed by atoms with E-state index >= 15 is 0 Å². The van der Waals surface area contributed by atoms with Gasteiger partial charge in [0.05, 0.1) is 5.82 Å². The first kappa shape index (κ1) is 24.2. The standard InChI is InChI=1S/C16H11N2.C13H12N.Ir/c1-2-6-13(7-3-1)14-8-4-9-15(12-14)16-17-10-5-11-18-16;1-10-8-13(14-9-11(10)2)12-6-4-3-5-7-12;/h1-8,10-12H;3-6,8-9H,1-2H3;/q2*-1;. The van der Waals surface area contributed by atoms with Gasteiger partial charge < -0.3 is 4.98 Å². The topological polar surface area (TPSA) is 38.7 Å². The summed E-state index contributed by atoms with van der Waals surface area (Å²) >= 11 is 0. The van der Waals surface area contributed by atoms with E-state index in [2.05, 4.69) is 65.2 Å². The molecule has 5 rings (SSSR count). The summed E-state index contributed by atoms with van der Waals surface area (Å²) in [6, 6.07) is 34.4. The fourth-order valence-electron chi connectivity index (χ4n) is 3.17. The molecule has 5 aromatic rings. The van der Waals surface area contributed by atoms with E-state index in [1.807, 2.05) is 66.9 Å². The Morgan fingerprint density at radius 1 is 0.606 bits per heavy atom. The summed E-state index contributed by atoms with van der Waals surface area (Å²) in [5.74, 6) is 0.704. The molecule has 0 aliphatic heterocycles. The number of nitrogens with zero attached hydrogens (tertiary/aromatic N) is 3. The normalized spacial score (nSPS) is 9.88. The number of rotatable bonds is 3. The van der Waals surface area contributed by atoms with E-state index in [0.717, 1.165) is 22.4 Å². The van der Waals surface area contributed by atoms with E-state index in [9.17, 15) is 0 Å². The third kappa shape index (κ3) is 6.52. The average molecular weight is 606 g/mol. The van der Waals surface area contributed by atoms with Crippen molar-refractivity contribution >= 4 is 0 Å². The zero-order valence-electron chi connectivity index (χ0n) is 18.5. The van der Waals surface area contributed by atoms with Crippen LogP contribution >= 0.6 is 0 Å². The summed E-state index contributed by atoms with van der Waals surface area (Å²) in [4.78, 5) is 12.9. The van der Waals surface area contributed by atoms with Crippen molar-refractivity contribution in [2.24, 2.45) is 0 Å². The number of pyridine rings is 1. The molecular formula is C29H23IrN3-2. The Kier molecular flexibility index (Phi) is 8.77. The second kappa shape index (κ2) is 12.0. The van der Waals surface area contributed by atoms with Crippen LogP contribution in [-0.4, -0.2) is 15.0 Å². The van der Waals surface area contributed by atoms with E-state index in [1.165, 1.54) is 16.7 Å². The van der Waals surface area contributed by atoms with Gasteiger partial charge in [-0.3, -0.25) is 9.97 Å². The molecule has 165 valence electrons. The van der Waals surface area contributed by atoms with Crippen molar-refractivity contribution in [3.05, 3.63) is 127 Å². The maximum Gasteiger partial charge on any atom is 0.0748 e. The van der Waals surface area contributed by atoms with Crippen molar-refractivity contribution in [3.63, 3.8) is 0 Å². The monoisotopic (exact) mass is 606 g/mol. The summed E-state index contributed by atoms with van der Waals surface area (Å²) in [5.41, 5.74) is 7.79. The fourth-order valence-corrected chi connectivity index (χ4v) is 3.17. The molecule has 0 atom stereocenters. The summed E-state index contributed by atoms with van der Waals surface area (Å²) in [6.45, 7) is 4.17. The Hall–Kier alpha value is -3.46. The van der Waals surface area contributed by atoms with E-state index < -0.39 is 0 Å². The van der Waals surface area contributed by atoms with Gasteiger partial charge >= 0.3 is 0 Å². The van der Waals surface area contributed by atoms with E-state index in [-0.39, 0.29) is 20.1 Å². The predicted molar refractivity (Wildman–Crippen MR) is 130 cm³/mol. The Labute approximate surface area is 209 Å². The number of benzene rings is 3. The molecule has 0 aliphatic carbocycles. The fraction of sp³-hybridized carbons (Fsp3) is 0.0690. The van der Waals surface area contributed by atoms with Gasteiger partial charge in [-0.2, -0.15) is 0 Å². The largest absolute Gasteiger partial charge is 0.304 e. The summed E-state index contributed by atoms with van der Waals surface area (Å²) in [7, 11) is 0. The number of aromatic nitrogens is 3. The smallest absolute Gasteiger partial charge is 0.0748 e. The molecule has 0 aliphatic rings. The molecule has 2 aromatic heterocycles. The summed E-state index contributed by atoms with van der Waals surface area (Å²) in [5, 5.41) is 0. The Morgan fingerprint density at radius 3 is 2.03 bits per heavy atom. The Morgan fingerprint density at radius 2 is 1.33 bits per heavy atom. The van der Waals surface area contributed by atoms with Crippen LogP contribution in [0, 0.1) is 26.0 Å². The van der Waals surface area contributed by atoms with E-state index in [0.29, 0.717) is 5.82 Å². The van der Waals surface area contributed by atoms with Gasteiger partial charge in [0.15, 0.2) is 0 Å². The van der Waals surface area contributed by atoms with E-state index in [1.54, 1.807) is 12.4 Å². The zero-order valence-corrected chi connectivity index (χ0v) is 20.9. The number of hydrogen-bond acceptors (Lipinski definition) is 3. The minimum absolute atomic E-state index is 0. The van der Waals surface area contributed by atoms with Gasteiger partial charge in [0.25, 0.3) is 0 Å². The molecule has 0 amide bonds. The first-order chi connectivity index (χ1) is 15.7. The van der Waals surface area contributed by atoms with Crippen LogP contribution < -0.4 is 0 Å². The number of hydrogen-bond donors (Lipinski definition) is 0. The van der Waals surface area contributed by atoms with Crippen molar-refractivity contribution in [1.29, 1.82) is 0 Å². The molecule has 0 unspecified atom stereocenters. The van der Waals surface area contributed by atoms with Crippen LogP contribution in [0.2, 0.25) is 0 Å². The van der Waals surface area contributed by atoms with Gasteiger partial charge in [0.1, 0.15) is 0 Å². The van der Waals surface area contributed by atoms with Gasteiger partial charge in [-0.05, 0) is 36.7 Å². The predicted octanol–water partition coefficient (Wildman–Crippen LogP) is 6.77.